The number of hydrogen-bond acceptors (Lipinski definition) is 7. The second-order valence-corrected chi connectivity index (χ2v) is 15.2. The number of esters is 1. The maximum Gasteiger partial charge on any atom is 0.306 e. The first-order valence-corrected chi connectivity index (χ1v) is 17.0. The molecule has 0 aliphatic carbocycles. The van der Waals surface area contributed by atoms with Gasteiger partial charge in [-0.05, 0) is 56.9 Å². The highest BCUT2D eigenvalue weighted by atomic mass is 16.5. The Hall–Kier alpha value is -3.50. The zero-order valence-corrected chi connectivity index (χ0v) is 28.4. The first-order valence-electron chi connectivity index (χ1n) is 17.0. The molecular formula is C37H51N3O7. The van der Waals surface area contributed by atoms with Gasteiger partial charge in [0.05, 0.1) is 24.0 Å². The molecule has 0 aromatic heterocycles. The largest absolute Gasteiger partial charge is 0.463 e. The average Bonchev–Trinajstić information content (AvgIpc) is 3.65. The van der Waals surface area contributed by atoms with Gasteiger partial charge in [-0.2, -0.15) is 0 Å². The van der Waals surface area contributed by atoms with Gasteiger partial charge in [0, 0.05) is 31.7 Å². The fraction of sp³-hybridized carbons (Fsp3) is 0.622. The van der Waals surface area contributed by atoms with E-state index in [0.717, 1.165) is 5.56 Å². The van der Waals surface area contributed by atoms with Crippen molar-refractivity contribution in [1.29, 1.82) is 0 Å². The van der Waals surface area contributed by atoms with Crippen molar-refractivity contribution in [3.8, 4) is 0 Å². The molecule has 0 saturated carbocycles. The molecule has 4 aliphatic heterocycles. The molecule has 0 radical (unpaired) electrons. The van der Waals surface area contributed by atoms with Crippen LogP contribution in [-0.4, -0.2) is 88.2 Å². The fourth-order valence-corrected chi connectivity index (χ4v) is 8.16. The first-order chi connectivity index (χ1) is 22.3. The number of fused-ring (bicyclic) bond motifs is 2. The molecule has 1 aromatic rings. The van der Waals surface area contributed by atoms with Gasteiger partial charge in [0.15, 0.2) is 0 Å². The number of hydrogen-bond donors (Lipinski definition) is 2. The summed E-state index contributed by atoms with van der Waals surface area (Å²) in [6, 6.07) is 7.72. The zero-order chi connectivity index (χ0) is 34.0. The van der Waals surface area contributed by atoms with Crippen molar-refractivity contribution in [3.05, 3.63) is 60.2 Å². The molecule has 256 valence electrons. The zero-order valence-electron chi connectivity index (χ0n) is 28.4. The third-order valence-corrected chi connectivity index (χ3v) is 9.83. The van der Waals surface area contributed by atoms with Crippen LogP contribution in [0.1, 0.15) is 84.7 Å². The number of amides is 3. The maximum absolute atomic E-state index is 15.0. The summed E-state index contributed by atoms with van der Waals surface area (Å²) >= 11 is 0. The Labute approximate surface area is 278 Å². The van der Waals surface area contributed by atoms with Crippen molar-refractivity contribution in [3.63, 3.8) is 0 Å². The summed E-state index contributed by atoms with van der Waals surface area (Å²) in [6.45, 7) is 11.1. The van der Waals surface area contributed by atoms with Crippen LogP contribution in [0.2, 0.25) is 0 Å². The van der Waals surface area contributed by atoms with Gasteiger partial charge in [-0.3, -0.25) is 19.2 Å². The lowest BCUT2D eigenvalue weighted by Gasteiger charge is -2.45. The molecule has 4 aliphatic rings. The summed E-state index contributed by atoms with van der Waals surface area (Å²) < 4.78 is 12.3. The number of ether oxygens (including phenoxy) is 2. The van der Waals surface area contributed by atoms with Gasteiger partial charge in [0.1, 0.15) is 18.2 Å². The summed E-state index contributed by atoms with van der Waals surface area (Å²) in [5.41, 5.74) is -1.21. The summed E-state index contributed by atoms with van der Waals surface area (Å²) in [4.78, 5) is 59.9. The number of carbonyl (C=O) groups excluding carboxylic acids is 4. The van der Waals surface area contributed by atoms with E-state index in [1.165, 1.54) is 0 Å². The van der Waals surface area contributed by atoms with Crippen molar-refractivity contribution in [2.75, 3.05) is 26.3 Å². The van der Waals surface area contributed by atoms with E-state index in [-0.39, 0.29) is 55.3 Å². The van der Waals surface area contributed by atoms with Gasteiger partial charge >= 0.3 is 5.97 Å². The van der Waals surface area contributed by atoms with Crippen molar-refractivity contribution >= 4 is 23.7 Å². The van der Waals surface area contributed by atoms with Crippen LogP contribution in [0, 0.1) is 17.3 Å². The van der Waals surface area contributed by atoms with E-state index in [0.29, 0.717) is 38.6 Å². The van der Waals surface area contributed by atoms with E-state index in [1.807, 2.05) is 73.4 Å². The Kier molecular flexibility index (Phi) is 10.3. The highest BCUT2D eigenvalue weighted by molar-refractivity contribution is 6.00. The number of unbranched alkanes of at least 4 members (excludes halogenated alkanes) is 2. The number of rotatable bonds is 8. The minimum atomic E-state index is -1.29. The topological polar surface area (TPSA) is 125 Å². The number of nitrogens with zero attached hydrogens (tertiary/aromatic N) is 2. The Bertz CT molecular complexity index is 1380. The lowest BCUT2D eigenvalue weighted by Crippen LogP contribution is -2.60. The predicted octanol–water partition coefficient (Wildman–Crippen LogP) is 4.09. The monoisotopic (exact) mass is 649 g/mol. The minimum absolute atomic E-state index is 0.0526. The molecule has 10 nitrogen and oxygen atoms in total. The Morgan fingerprint density at radius 1 is 0.979 bits per heavy atom. The van der Waals surface area contributed by atoms with E-state index >= 15 is 4.79 Å². The third-order valence-electron chi connectivity index (χ3n) is 9.83. The molecule has 2 fully saturated rings. The molecule has 6 atom stereocenters. The van der Waals surface area contributed by atoms with Crippen molar-refractivity contribution in [2.45, 2.75) is 102 Å². The Balaban J connectivity index is 1.57. The molecule has 5 rings (SSSR count). The summed E-state index contributed by atoms with van der Waals surface area (Å²) in [5.74, 6) is -3.01. The Morgan fingerprint density at radius 3 is 2.43 bits per heavy atom. The molecular weight excluding hydrogens is 598 g/mol. The van der Waals surface area contributed by atoms with Crippen molar-refractivity contribution in [2.24, 2.45) is 17.3 Å². The second kappa shape index (κ2) is 13.9. The molecule has 2 saturated heterocycles. The normalized spacial score (nSPS) is 30.8. The number of likely N-dealkylation sites (tertiary alicyclic amines) is 1. The molecule has 5 bridgehead atoms. The van der Waals surface area contributed by atoms with Gasteiger partial charge in [-0.25, -0.2) is 0 Å². The smallest absolute Gasteiger partial charge is 0.306 e. The van der Waals surface area contributed by atoms with Crippen LogP contribution in [0.25, 0.3) is 0 Å². The molecule has 1 spiro atoms. The summed E-state index contributed by atoms with van der Waals surface area (Å²) in [6.07, 6.45) is 9.99. The van der Waals surface area contributed by atoms with Crippen LogP contribution in [0.5, 0.6) is 0 Å². The lowest BCUT2D eigenvalue weighted by atomic mass is 9.73. The van der Waals surface area contributed by atoms with Gasteiger partial charge in [0.25, 0.3) is 0 Å². The molecule has 0 unspecified atom stereocenters. The van der Waals surface area contributed by atoms with Crippen LogP contribution in [-0.2, 0) is 28.7 Å². The third kappa shape index (κ3) is 7.18. The summed E-state index contributed by atoms with van der Waals surface area (Å²) in [5, 5.41) is 12.4. The number of allylic oxidation sites excluding steroid dienone is 1. The second-order valence-electron chi connectivity index (χ2n) is 15.2. The van der Waals surface area contributed by atoms with Gasteiger partial charge in [0.2, 0.25) is 17.7 Å². The molecule has 4 heterocycles. The number of cyclic esters (lactones) is 1. The Morgan fingerprint density at radius 2 is 1.72 bits per heavy atom. The number of carbonyl (C=O) groups is 4. The van der Waals surface area contributed by atoms with Gasteiger partial charge < -0.3 is 29.7 Å². The van der Waals surface area contributed by atoms with Crippen LogP contribution in [0.3, 0.4) is 0 Å². The number of benzene rings is 1. The quantitative estimate of drug-likeness (QED) is 0.247. The van der Waals surface area contributed by atoms with Crippen LogP contribution < -0.4 is 5.32 Å². The average molecular weight is 650 g/mol. The van der Waals surface area contributed by atoms with E-state index < -0.39 is 41.2 Å². The van der Waals surface area contributed by atoms with Gasteiger partial charge in [-0.1, -0.05) is 75.4 Å². The molecule has 2 N–H and O–H groups in total. The fourth-order valence-electron chi connectivity index (χ4n) is 8.16. The molecule has 1 aromatic carbocycles. The predicted molar refractivity (Wildman–Crippen MR) is 177 cm³/mol. The summed E-state index contributed by atoms with van der Waals surface area (Å²) in [7, 11) is 0. The highest BCUT2D eigenvalue weighted by Crippen LogP contribution is 2.56. The molecule has 47 heavy (non-hydrogen) atoms. The standard InChI is InChI=1S/C37H51N3O7/c1-35(2,3)24-36(4,5)40-21-13-7-11-17-28(42)46-23-26(25-15-9-6-10-16-25)38-32(43)29-27-18-19-37(47-27)30(29)33(44)39(31(37)34(40)45)20-12-8-14-22-41/h6-7,9-10,13,15-16,18-19,26-27,29-31,41H,8,11-12,14,17,20-24H2,1-5H3,(H,38,43)/b13-7-/t26-,27-,29+,30+,31-,37+/m0/s1. The lowest BCUT2D eigenvalue weighted by molar-refractivity contribution is -0.152. The number of nitrogens with one attached hydrogen (secondary N) is 1. The number of aliphatic hydroxyl groups excluding tert-OH is 1. The van der Waals surface area contributed by atoms with Gasteiger partial charge in [-0.15, -0.1) is 0 Å². The maximum atomic E-state index is 15.0. The minimum Gasteiger partial charge on any atom is -0.463 e. The van der Waals surface area contributed by atoms with Crippen molar-refractivity contribution in [1.82, 2.24) is 15.1 Å². The molecule has 10 heteroatoms. The van der Waals surface area contributed by atoms with E-state index in [4.69, 9.17) is 9.47 Å². The highest BCUT2D eigenvalue weighted by Gasteiger charge is 2.73. The van der Waals surface area contributed by atoms with E-state index in [9.17, 15) is 19.5 Å². The van der Waals surface area contributed by atoms with Crippen molar-refractivity contribution < 1.29 is 33.8 Å². The SMILES string of the molecule is CC(C)(C)CC(C)(C)N1C/C=C\CCC(=O)OC[C@@H](c2ccccc2)NC(=O)[C@@H]2[C@@H]3C=C[C@]4(O3)[C@H](C1=O)N(CCCCCO)C(=O)[C@@H]24. The van der Waals surface area contributed by atoms with Crippen LogP contribution in [0.4, 0.5) is 0 Å². The number of aliphatic hydroxyl groups is 1. The van der Waals surface area contributed by atoms with Crippen LogP contribution in [0.15, 0.2) is 54.6 Å². The van der Waals surface area contributed by atoms with Crippen LogP contribution >= 0.6 is 0 Å². The van der Waals surface area contributed by atoms with E-state index in [2.05, 4.69) is 26.1 Å². The molecule has 3 amide bonds. The first kappa shape index (κ1) is 34.8. The van der Waals surface area contributed by atoms with E-state index in [1.54, 1.807) is 4.90 Å².